The molecule has 0 aliphatic carbocycles. The second-order valence-electron chi connectivity index (χ2n) is 4.61. The highest BCUT2D eigenvalue weighted by Crippen LogP contribution is 2.22. The number of imidazole rings is 1. The minimum absolute atomic E-state index is 0.742. The Balaban J connectivity index is 2.21. The Kier molecular flexibility index (Phi) is 2.74. The Bertz CT molecular complexity index is 745. The summed E-state index contributed by atoms with van der Waals surface area (Å²) in [7, 11) is 0. The van der Waals surface area contributed by atoms with Crippen molar-refractivity contribution >= 4 is 11.2 Å². The molecule has 0 amide bonds. The van der Waals surface area contributed by atoms with Crippen molar-refractivity contribution in [1.82, 2.24) is 25.1 Å². The average Bonchev–Trinajstić information content (AvgIpc) is 2.81. The largest absolute Gasteiger partial charge is 0.337 e. The summed E-state index contributed by atoms with van der Waals surface area (Å²) in [5.41, 5.74) is 5.48. The molecule has 0 unspecified atom stereocenters. The van der Waals surface area contributed by atoms with Crippen molar-refractivity contribution in [1.29, 1.82) is 0 Å². The van der Waals surface area contributed by atoms with Gasteiger partial charge in [0.25, 0.3) is 0 Å². The van der Waals surface area contributed by atoms with E-state index in [1.165, 1.54) is 0 Å². The number of aromatic nitrogens is 5. The molecule has 0 aromatic carbocycles. The lowest BCUT2D eigenvalue weighted by Crippen LogP contribution is -1.98. The molecule has 1 N–H and O–H groups in total. The first-order valence-corrected chi connectivity index (χ1v) is 6.34. The van der Waals surface area contributed by atoms with E-state index >= 15 is 0 Å². The average molecular weight is 253 g/mol. The summed E-state index contributed by atoms with van der Waals surface area (Å²) in [5.74, 6) is 0.808. The lowest BCUT2D eigenvalue weighted by molar-refractivity contribution is 0.893. The van der Waals surface area contributed by atoms with Crippen molar-refractivity contribution in [3.8, 4) is 11.4 Å². The molecule has 0 bridgehead atoms. The van der Waals surface area contributed by atoms with Crippen molar-refractivity contribution in [3.63, 3.8) is 0 Å². The van der Waals surface area contributed by atoms with Gasteiger partial charge < -0.3 is 4.98 Å². The molecule has 3 heterocycles. The van der Waals surface area contributed by atoms with E-state index < -0.39 is 0 Å². The molecule has 5 nitrogen and oxygen atoms in total. The topological polar surface area (TPSA) is 67.3 Å². The highest BCUT2D eigenvalue weighted by Gasteiger charge is 2.12. The number of rotatable bonds is 2. The van der Waals surface area contributed by atoms with Gasteiger partial charge in [-0.05, 0) is 38.5 Å². The molecule has 0 saturated heterocycles. The Morgan fingerprint density at radius 3 is 2.68 bits per heavy atom. The second kappa shape index (κ2) is 4.42. The summed E-state index contributed by atoms with van der Waals surface area (Å²) < 4.78 is 0. The van der Waals surface area contributed by atoms with Crippen LogP contribution < -0.4 is 0 Å². The third-order valence-corrected chi connectivity index (χ3v) is 3.07. The quantitative estimate of drug-likeness (QED) is 0.762. The fraction of sp³-hybridized carbons (Fsp3) is 0.286. The molecule has 0 fully saturated rings. The number of nitrogens with zero attached hydrogens (tertiary/aromatic N) is 4. The minimum Gasteiger partial charge on any atom is -0.337 e. The van der Waals surface area contributed by atoms with Gasteiger partial charge in [0, 0.05) is 11.3 Å². The Morgan fingerprint density at radius 2 is 1.89 bits per heavy atom. The molecule has 0 saturated carbocycles. The first kappa shape index (κ1) is 11.8. The SMILES string of the molecule is CCc1nnc(C)cc1-c1nc2nc(C)ccc2[nH]1. The van der Waals surface area contributed by atoms with Crippen LogP contribution in [0.5, 0.6) is 0 Å². The molecule has 0 aliphatic rings. The molecule has 0 spiro atoms. The molecule has 0 aliphatic heterocycles. The van der Waals surface area contributed by atoms with E-state index in [9.17, 15) is 0 Å². The molecule has 96 valence electrons. The number of H-pyrrole nitrogens is 1. The molecular weight excluding hydrogens is 238 g/mol. The van der Waals surface area contributed by atoms with Crippen LogP contribution in [0.2, 0.25) is 0 Å². The van der Waals surface area contributed by atoms with Gasteiger partial charge in [0.05, 0.1) is 16.9 Å². The maximum atomic E-state index is 4.56. The molecule has 19 heavy (non-hydrogen) atoms. The van der Waals surface area contributed by atoms with Crippen LogP contribution in [0.3, 0.4) is 0 Å². The van der Waals surface area contributed by atoms with E-state index in [1.54, 1.807) is 0 Å². The molecular formula is C14H15N5. The van der Waals surface area contributed by atoms with Crippen LogP contribution in [0.25, 0.3) is 22.6 Å². The Morgan fingerprint density at radius 1 is 1.05 bits per heavy atom. The van der Waals surface area contributed by atoms with Gasteiger partial charge in [0.2, 0.25) is 0 Å². The number of aromatic amines is 1. The first-order valence-electron chi connectivity index (χ1n) is 6.34. The van der Waals surface area contributed by atoms with Crippen LogP contribution in [0.4, 0.5) is 0 Å². The van der Waals surface area contributed by atoms with E-state index in [4.69, 9.17) is 0 Å². The number of hydrogen-bond donors (Lipinski definition) is 1. The monoisotopic (exact) mass is 253 g/mol. The standard InChI is InChI=1S/C14H15N5/c1-4-11-10(7-9(3)18-19-11)13-16-12-6-5-8(2)15-14(12)17-13/h5-7H,4H2,1-3H3,(H,15,16,17). The molecule has 3 rings (SSSR count). The summed E-state index contributed by atoms with van der Waals surface area (Å²) in [6, 6.07) is 5.98. The van der Waals surface area contributed by atoms with Crippen LogP contribution in [0.1, 0.15) is 24.0 Å². The van der Waals surface area contributed by atoms with Gasteiger partial charge in [0.1, 0.15) is 5.82 Å². The van der Waals surface area contributed by atoms with E-state index in [-0.39, 0.29) is 0 Å². The Hall–Kier alpha value is -2.30. The van der Waals surface area contributed by atoms with Crippen LogP contribution in [0.15, 0.2) is 18.2 Å². The number of hydrogen-bond acceptors (Lipinski definition) is 4. The summed E-state index contributed by atoms with van der Waals surface area (Å²) in [6.45, 7) is 5.96. The molecule has 0 radical (unpaired) electrons. The predicted octanol–water partition coefficient (Wildman–Crippen LogP) is 2.59. The molecule has 3 aromatic rings. The maximum absolute atomic E-state index is 4.56. The minimum atomic E-state index is 0.742. The van der Waals surface area contributed by atoms with Gasteiger partial charge in [-0.1, -0.05) is 6.92 Å². The van der Waals surface area contributed by atoms with Gasteiger partial charge in [-0.2, -0.15) is 10.2 Å². The van der Waals surface area contributed by atoms with Gasteiger partial charge in [0.15, 0.2) is 5.65 Å². The van der Waals surface area contributed by atoms with E-state index in [0.29, 0.717) is 0 Å². The van der Waals surface area contributed by atoms with Crippen LogP contribution >= 0.6 is 0 Å². The van der Waals surface area contributed by atoms with Crippen molar-refractivity contribution in [2.75, 3.05) is 0 Å². The fourth-order valence-electron chi connectivity index (χ4n) is 2.10. The molecule has 3 aromatic heterocycles. The van der Waals surface area contributed by atoms with Gasteiger partial charge in [-0.15, -0.1) is 0 Å². The zero-order valence-electron chi connectivity index (χ0n) is 11.2. The van der Waals surface area contributed by atoms with Gasteiger partial charge >= 0.3 is 0 Å². The zero-order valence-corrected chi connectivity index (χ0v) is 11.2. The van der Waals surface area contributed by atoms with Gasteiger partial charge in [-0.3, -0.25) is 0 Å². The highest BCUT2D eigenvalue weighted by molar-refractivity contribution is 5.76. The third kappa shape index (κ3) is 2.07. The lowest BCUT2D eigenvalue weighted by Gasteiger charge is -2.03. The van der Waals surface area contributed by atoms with Gasteiger partial charge in [-0.25, -0.2) is 9.97 Å². The van der Waals surface area contributed by atoms with Crippen molar-refractivity contribution in [3.05, 3.63) is 35.3 Å². The fourth-order valence-corrected chi connectivity index (χ4v) is 2.10. The lowest BCUT2D eigenvalue weighted by atomic mass is 10.1. The molecule has 5 heteroatoms. The highest BCUT2D eigenvalue weighted by atomic mass is 15.1. The van der Waals surface area contributed by atoms with E-state index in [2.05, 4.69) is 32.1 Å². The zero-order chi connectivity index (χ0) is 13.4. The number of pyridine rings is 1. The smallest absolute Gasteiger partial charge is 0.178 e. The summed E-state index contributed by atoms with van der Waals surface area (Å²) in [6.07, 6.45) is 0.826. The van der Waals surface area contributed by atoms with Crippen LogP contribution in [0, 0.1) is 13.8 Å². The number of aryl methyl sites for hydroxylation is 3. The first-order chi connectivity index (χ1) is 9.17. The van der Waals surface area contributed by atoms with Crippen LogP contribution in [-0.4, -0.2) is 25.1 Å². The van der Waals surface area contributed by atoms with E-state index in [0.717, 1.165) is 46.1 Å². The van der Waals surface area contributed by atoms with Crippen LogP contribution in [-0.2, 0) is 6.42 Å². The van der Waals surface area contributed by atoms with Crippen molar-refractivity contribution in [2.24, 2.45) is 0 Å². The summed E-state index contributed by atoms with van der Waals surface area (Å²) in [5, 5.41) is 8.33. The normalized spacial score (nSPS) is 11.1. The number of nitrogens with one attached hydrogen (secondary N) is 1. The predicted molar refractivity (Wildman–Crippen MR) is 73.8 cm³/mol. The van der Waals surface area contributed by atoms with Crippen molar-refractivity contribution in [2.45, 2.75) is 27.2 Å². The molecule has 0 atom stereocenters. The third-order valence-electron chi connectivity index (χ3n) is 3.07. The Labute approximate surface area is 111 Å². The summed E-state index contributed by atoms with van der Waals surface area (Å²) >= 11 is 0. The summed E-state index contributed by atoms with van der Waals surface area (Å²) in [4.78, 5) is 12.3. The van der Waals surface area contributed by atoms with Crippen molar-refractivity contribution < 1.29 is 0 Å². The van der Waals surface area contributed by atoms with E-state index in [1.807, 2.05) is 32.0 Å². The maximum Gasteiger partial charge on any atom is 0.178 e. The number of fused-ring (bicyclic) bond motifs is 1. The second-order valence-corrected chi connectivity index (χ2v) is 4.61.